The van der Waals surface area contributed by atoms with E-state index in [2.05, 4.69) is 9.97 Å². The van der Waals surface area contributed by atoms with E-state index < -0.39 is 4.92 Å². The molecular formula is C17H14N4O4. The molecule has 1 heterocycles. The van der Waals surface area contributed by atoms with Gasteiger partial charge in [-0.3, -0.25) is 15.0 Å². The maximum absolute atomic E-state index is 11.1. The molecule has 0 aliphatic carbocycles. The Balaban J connectivity index is 2.24. The predicted octanol–water partition coefficient (Wildman–Crippen LogP) is 3.57. The van der Waals surface area contributed by atoms with Crippen molar-refractivity contribution in [2.45, 2.75) is 0 Å². The fraction of sp³-hybridized carbons (Fsp3) is 0.0588. The van der Waals surface area contributed by atoms with E-state index in [0.29, 0.717) is 22.9 Å². The molecule has 1 aromatic heterocycles. The number of nitro groups is 1. The van der Waals surface area contributed by atoms with E-state index in [9.17, 15) is 15.2 Å². The van der Waals surface area contributed by atoms with E-state index in [1.807, 2.05) is 12.1 Å². The minimum absolute atomic E-state index is 0.224. The number of hydrogen-bond donors (Lipinski definition) is 1. The Labute approximate surface area is 143 Å². The van der Waals surface area contributed by atoms with Gasteiger partial charge in [-0.05, 0) is 18.2 Å². The number of rotatable bonds is 5. The molecule has 0 bridgehead atoms. The second-order valence-corrected chi connectivity index (χ2v) is 5.04. The number of aromatic nitrogens is 2. The van der Waals surface area contributed by atoms with Gasteiger partial charge >= 0.3 is 0 Å². The average Bonchev–Trinajstić information content (AvgIpc) is 2.63. The number of non-ortho nitro benzene ring substituents is 1. The summed E-state index contributed by atoms with van der Waals surface area (Å²) in [6, 6.07) is 12.7. The van der Waals surface area contributed by atoms with Gasteiger partial charge in [0.1, 0.15) is 23.6 Å². The van der Waals surface area contributed by atoms with Gasteiger partial charge in [0.15, 0.2) is 0 Å². The summed E-state index contributed by atoms with van der Waals surface area (Å²) in [7, 11) is 1.53. The average molecular weight is 338 g/mol. The lowest BCUT2D eigenvalue weighted by Gasteiger charge is -2.25. The van der Waals surface area contributed by atoms with Crippen LogP contribution in [-0.4, -0.2) is 27.1 Å². The van der Waals surface area contributed by atoms with Gasteiger partial charge < -0.3 is 9.84 Å². The van der Waals surface area contributed by atoms with Crippen LogP contribution in [0.1, 0.15) is 0 Å². The minimum atomic E-state index is -0.566. The Morgan fingerprint density at radius 2 is 2.00 bits per heavy atom. The maximum atomic E-state index is 11.1. The normalized spacial score (nSPS) is 10.3. The van der Waals surface area contributed by atoms with Crippen molar-refractivity contribution in [1.82, 2.24) is 9.97 Å². The van der Waals surface area contributed by atoms with Gasteiger partial charge in [0.05, 0.1) is 29.5 Å². The number of ether oxygens (including phenoxy) is 1. The number of phenolic OH excluding ortho intramolecular Hbond substituents is 1. The number of aromatic hydroxyl groups is 1. The first kappa shape index (κ1) is 16.2. The predicted molar refractivity (Wildman–Crippen MR) is 91.6 cm³/mol. The first-order valence-electron chi connectivity index (χ1n) is 7.28. The highest BCUT2D eigenvalue weighted by atomic mass is 16.6. The van der Waals surface area contributed by atoms with Crippen molar-refractivity contribution < 1.29 is 14.8 Å². The van der Waals surface area contributed by atoms with Crippen LogP contribution < -0.4 is 9.64 Å². The van der Waals surface area contributed by atoms with E-state index in [1.54, 1.807) is 29.3 Å². The molecule has 3 aromatic rings. The molecule has 0 atom stereocenters. The molecule has 25 heavy (non-hydrogen) atoms. The van der Waals surface area contributed by atoms with Crippen LogP contribution in [-0.2, 0) is 0 Å². The number of hydrogen-bond acceptors (Lipinski definition) is 7. The van der Waals surface area contributed by atoms with Gasteiger partial charge in [-0.2, -0.15) is 0 Å². The number of benzene rings is 2. The van der Waals surface area contributed by atoms with Crippen molar-refractivity contribution in [3.63, 3.8) is 0 Å². The fourth-order valence-corrected chi connectivity index (χ4v) is 2.44. The first-order chi connectivity index (χ1) is 12.1. The highest BCUT2D eigenvalue weighted by Gasteiger charge is 2.20. The standard InChI is InChI=1S/C17H14N4O4/c1-25-16-5-3-2-4-15(16)20(17-6-7-18-11-19-17)12-8-13(21(23)24)10-14(22)9-12/h2-11,22H,1H3. The first-order valence-corrected chi connectivity index (χ1v) is 7.28. The van der Waals surface area contributed by atoms with E-state index in [1.165, 1.54) is 25.6 Å². The number of phenols is 1. The molecule has 8 heteroatoms. The minimum Gasteiger partial charge on any atom is -0.508 e. The molecule has 126 valence electrons. The molecule has 0 saturated carbocycles. The van der Waals surface area contributed by atoms with Crippen molar-refractivity contribution in [2.75, 3.05) is 12.0 Å². The van der Waals surface area contributed by atoms with Crippen molar-refractivity contribution in [3.05, 3.63) is 71.2 Å². The van der Waals surface area contributed by atoms with Crippen molar-refractivity contribution in [2.24, 2.45) is 0 Å². The summed E-state index contributed by atoms with van der Waals surface area (Å²) in [5.41, 5.74) is 0.752. The second-order valence-electron chi connectivity index (χ2n) is 5.04. The molecule has 0 aliphatic heterocycles. The van der Waals surface area contributed by atoms with Crippen molar-refractivity contribution >= 4 is 22.9 Å². The molecule has 0 amide bonds. The van der Waals surface area contributed by atoms with Gasteiger partial charge in [0, 0.05) is 18.3 Å². The number of nitro benzene ring substituents is 1. The zero-order valence-corrected chi connectivity index (χ0v) is 13.2. The van der Waals surface area contributed by atoms with Crippen molar-refractivity contribution in [3.8, 4) is 11.5 Å². The Kier molecular flexibility index (Phi) is 4.42. The fourth-order valence-electron chi connectivity index (χ4n) is 2.44. The van der Waals surface area contributed by atoms with Gasteiger partial charge in [-0.25, -0.2) is 9.97 Å². The molecular weight excluding hydrogens is 324 g/mol. The van der Waals surface area contributed by atoms with Gasteiger partial charge in [-0.1, -0.05) is 12.1 Å². The summed E-state index contributed by atoms with van der Waals surface area (Å²) < 4.78 is 5.40. The zero-order chi connectivity index (χ0) is 17.8. The highest BCUT2D eigenvalue weighted by Crippen LogP contribution is 2.41. The summed E-state index contributed by atoms with van der Waals surface area (Å²) in [5, 5.41) is 21.1. The molecule has 8 nitrogen and oxygen atoms in total. The largest absolute Gasteiger partial charge is 0.508 e. The van der Waals surface area contributed by atoms with Crippen LogP contribution in [0.15, 0.2) is 61.1 Å². The molecule has 0 saturated heterocycles. The smallest absolute Gasteiger partial charge is 0.275 e. The van der Waals surface area contributed by atoms with Crippen LogP contribution in [0.5, 0.6) is 11.5 Å². The third-order valence-corrected chi connectivity index (χ3v) is 3.48. The van der Waals surface area contributed by atoms with E-state index in [-0.39, 0.29) is 11.4 Å². The Morgan fingerprint density at radius 1 is 1.20 bits per heavy atom. The summed E-state index contributed by atoms with van der Waals surface area (Å²) in [4.78, 5) is 20.3. The molecule has 1 N–H and O–H groups in total. The lowest BCUT2D eigenvalue weighted by molar-refractivity contribution is -0.384. The Hall–Kier alpha value is -3.68. The Bertz CT molecular complexity index is 902. The van der Waals surface area contributed by atoms with Gasteiger partial charge in [-0.15, -0.1) is 0 Å². The van der Waals surface area contributed by atoms with Crippen LogP contribution in [0.3, 0.4) is 0 Å². The number of anilines is 3. The van der Waals surface area contributed by atoms with E-state index in [4.69, 9.17) is 4.74 Å². The topological polar surface area (TPSA) is 102 Å². The van der Waals surface area contributed by atoms with Crippen LogP contribution in [0.25, 0.3) is 0 Å². The molecule has 0 fully saturated rings. The lowest BCUT2D eigenvalue weighted by Crippen LogP contribution is -2.13. The SMILES string of the molecule is COc1ccccc1N(c1cc(O)cc([N+](=O)[O-])c1)c1ccncn1. The van der Waals surface area contributed by atoms with Gasteiger partial charge in [0.2, 0.25) is 0 Å². The quantitative estimate of drug-likeness (QED) is 0.560. The third kappa shape index (κ3) is 3.32. The summed E-state index contributed by atoms with van der Waals surface area (Å²) in [5.74, 6) is 0.796. The van der Waals surface area contributed by atoms with E-state index in [0.717, 1.165) is 6.07 Å². The summed E-state index contributed by atoms with van der Waals surface area (Å²) in [6.07, 6.45) is 2.93. The number of nitrogens with zero attached hydrogens (tertiary/aromatic N) is 4. The lowest BCUT2D eigenvalue weighted by atomic mass is 10.2. The highest BCUT2D eigenvalue weighted by molar-refractivity contribution is 5.79. The summed E-state index contributed by atoms with van der Waals surface area (Å²) >= 11 is 0. The van der Waals surface area contributed by atoms with E-state index >= 15 is 0 Å². The van der Waals surface area contributed by atoms with Crippen LogP contribution >= 0.6 is 0 Å². The molecule has 2 aromatic carbocycles. The molecule has 0 spiro atoms. The molecule has 0 aliphatic rings. The number of para-hydroxylation sites is 2. The molecule has 0 unspecified atom stereocenters. The molecule has 3 rings (SSSR count). The molecule has 0 radical (unpaired) electrons. The Morgan fingerprint density at radius 3 is 2.68 bits per heavy atom. The van der Waals surface area contributed by atoms with Gasteiger partial charge in [0.25, 0.3) is 5.69 Å². The van der Waals surface area contributed by atoms with Crippen LogP contribution in [0.4, 0.5) is 22.9 Å². The monoisotopic (exact) mass is 338 g/mol. The maximum Gasteiger partial charge on any atom is 0.275 e. The van der Waals surface area contributed by atoms with Crippen LogP contribution in [0.2, 0.25) is 0 Å². The third-order valence-electron chi connectivity index (χ3n) is 3.48. The number of methoxy groups -OCH3 is 1. The zero-order valence-electron chi connectivity index (χ0n) is 13.2. The summed E-state index contributed by atoms with van der Waals surface area (Å²) in [6.45, 7) is 0. The van der Waals surface area contributed by atoms with Crippen molar-refractivity contribution in [1.29, 1.82) is 0 Å². The van der Waals surface area contributed by atoms with Crippen LogP contribution in [0, 0.1) is 10.1 Å². The second kappa shape index (κ2) is 6.83.